The highest BCUT2D eigenvalue weighted by molar-refractivity contribution is 5.41. The van der Waals surface area contributed by atoms with Crippen LogP contribution in [0.5, 0.6) is 5.75 Å². The van der Waals surface area contributed by atoms with Crippen LogP contribution in [0, 0.1) is 17.3 Å². The minimum absolute atomic E-state index is 0.0486. The predicted molar refractivity (Wildman–Crippen MR) is 108 cm³/mol. The number of ether oxygens (including phenoxy) is 2. The quantitative estimate of drug-likeness (QED) is 0.424. The minimum atomic E-state index is -0.269. The van der Waals surface area contributed by atoms with Crippen molar-refractivity contribution in [2.45, 2.75) is 77.6 Å². The van der Waals surface area contributed by atoms with Gasteiger partial charge in [-0.2, -0.15) is 0 Å². The lowest BCUT2D eigenvalue weighted by Crippen LogP contribution is -2.44. The van der Waals surface area contributed by atoms with Crippen molar-refractivity contribution in [3.05, 3.63) is 41.5 Å². The molecule has 0 bridgehead atoms. The first-order chi connectivity index (χ1) is 13.0. The fraction of sp³-hybridized carbons (Fsp3) is 0.667. The molecule has 0 amide bonds. The van der Waals surface area contributed by atoms with E-state index in [0.29, 0.717) is 17.8 Å². The van der Waals surface area contributed by atoms with Gasteiger partial charge in [0.25, 0.3) is 0 Å². The highest BCUT2D eigenvalue weighted by Gasteiger charge is 2.52. The Morgan fingerprint density at radius 2 is 2.11 bits per heavy atom. The van der Waals surface area contributed by atoms with Crippen molar-refractivity contribution in [1.29, 1.82) is 0 Å². The van der Waals surface area contributed by atoms with Gasteiger partial charge in [0.2, 0.25) is 0 Å². The van der Waals surface area contributed by atoms with Gasteiger partial charge in [-0.3, -0.25) is 0 Å². The van der Waals surface area contributed by atoms with Crippen molar-refractivity contribution in [3.8, 4) is 5.75 Å². The van der Waals surface area contributed by atoms with E-state index in [9.17, 15) is 5.11 Å². The maximum Gasteiger partial charge on any atom is 0.196 e. The molecule has 0 heterocycles. The summed E-state index contributed by atoms with van der Waals surface area (Å²) >= 11 is 0. The van der Waals surface area contributed by atoms with Crippen molar-refractivity contribution in [3.63, 3.8) is 0 Å². The number of unbranched alkanes of at least 4 members (excludes halogenated alkanes) is 1. The van der Waals surface area contributed by atoms with Gasteiger partial charge in [0.1, 0.15) is 5.75 Å². The van der Waals surface area contributed by atoms with E-state index < -0.39 is 0 Å². The van der Waals surface area contributed by atoms with Gasteiger partial charge in [-0.15, -0.1) is 0 Å². The zero-order valence-electron chi connectivity index (χ0n) is 17.0. The summed E-state index contributed by atoms with van der Waals surface area (Å²) in [6, 6.07) is 6.64. The van der Waals surface area contributed by atoms with Crippen LogP contribution in [0.4, 0.5) is 0 Å². The van der Waals surface area contributed by atoms with E-state index in [0.717, 1.165) is 38.0 Å². The van der Waals surface area contributed by atoms with Crippen molar-refractivity contribution < 1.29 is 14.6 Å². The SMILES string of the molecule is CCCCOC(C)Oc1ccc2c(c1)CCC1C2CC[C@@]2(C)C1C=C[C@@H]2O. The third kappa shape index (κ3) is 3.45. The lowest BCUT2D eigenvalue weighted by molar-refractivity contribution is -0.0674. The maximum absolute atomic E-state index is 10.5. The van der Waals surface area contributed by atoms with Crippen LogP contribution >= 0.6 is 0 Å². The monoisotopic (exact) mass is 370 g/mol. The van der Waals surface area contributed by atoms with Crippen molar-refractivity contribution >= 4 is 0 Å². The molecule has 1 aromatic carbocycles. The van der Waals surface area contributed by atoms with Gasteiger partial charge in [0.05, 0.1) is 12.7 Å². The molecule has 27 heavy (non-hydrogen) atoms. The molecular formula is C24H34O3. The van der Waals surface area contributed by atoms with Crippen molar-refractivity contribution in [2.24, 2.45) is 17.3 Å². The topological polar surface area (TPSA) is 38.7 Å². The molecule has 0 aliphatic heterocycles. The number of aliphatic hydroxyl groups excluding tert-OH is 1. The predicted octanol–water partition coefficient (Wildman–Crippen LogP) is 5.22. The number of benzene rings is 1. The number of allylic oxidation sites excluding steroid dienone is 1. The van der Waals surface area contributed by atoms with Gasteiger partial charge in [-0.25, -0.2) is 0 Å². The molecule has 1 aromatic rings. The van der Waals surface area contributed by atoms with Gasteiger partial charge >= 0.3 is 0 Å². The third-order valence-corrected chi connectivity index (χ3v) is 7.32. The smallest absolute Gasteiger partial charge is 0.196 e. The number of aliphatic hydroxyl groups is 1. The molecule has 4 rings (SSSR count). The van der Waals surface area contributed by atoms with Crippen LogP contribution in [0.1, 0.15) is 69.9 Å². The van der Waals surface area contributed by atoms with E-state index in [1.165, 1.54) is 24.0 Å². The second kappa shape index (κ2) is 7.60. The molecule has 6 atom stereocenters. The molecule has 1 saturated carbocycles. The molecule has 0 saturated heterocycles. The van der Waals surface area contributed by atoms with E-state index in [2.05, 4.69) is 38.1 Å². The Kier molecular flexibility index (Phi) is 5.35. The maximum atomic E-state index is 10.5. The zero-order chi connectivity index (χ0) is 19.0. The summed E-state index contributed by atoms with van der Waals surface area (Å²) < 4.78 is 11.7. The zero-order valence-corrected chi connectivity index (χ0v) is 17.0. The van der Waals surface area contributed by atoms with Crippen LogP contribution in [-0.4, -0.2) is 24.1 Å². The summed E-state index contributed by atoms with van der Waals surface area (Å²) in [5.41, 5.74) is 3.00. The first kappa shape index (κ1) is 19.0. The molecule has 0 radical (unpaired) electrons. The number of rotatable bonds is 6. The average Bonchev–Trinajstić information content (AvgIpc) is 2.96. The summed E-state index contributed by atoms with van der Waals surface area (Å²) in [4.78, 5) is 0. The second-order valence-electron chi connectivity index (χ2n) is 8.98. The Hall–Kier alpha value is -1.32. The van der Waals surface area contributed by atoms with Gasteiger partial charge in [-0.1, -0.05) is 38.5 Å². The first-order valence-electron chi connectivity index (χ1n) is 10.8. The molecular weight excluding hydrogens is 336 g/mol. The Labute approximate surface area is 163 Å². The molecule has 1 fully saturated rings. The largest absolute Gasteiger partial charge is 0.465 e. The molecule has 148 valence electrons. The van der Waals surface area contributed by atoms with Gasteiger partial charge in [0.15, 0.2) is 6.29 Å². The van der Waals surface area contributed by atoms with E-state index in [-0.39, 0.29) is 17.8 Å². The van der Waals surface area contributed by atoms with Crippen molar-refractivity contribution in [2.75, 3.05) is 6.61 Å². The van der Waals surface area contributed by atoms with Crippen LogP contribution in [0.3, 0.4) is 0 Å². The molecule has 1 N–H and O–H groups in total. The summed E-state index contributed by atoms with van der Waals surface area (Å²) in [7, 11) is 0. The lowest BCUT2D eigenvalue weighted by atomic mass is 9.55. The van der Waals surface area contributed by atoms with Gasteiger partial charge in [0, 0.05) is 5.41 Å². The molecule has 0 aromatic heterocycles. The highest BCUT2D eigenvalue weighted by Crippen LogP contribution is 2.58. The average molecular weight is 371 g/mol. The van der Waals surface area contributed by atoms with Crippen LogP contribution in [0.25, 0.3) is 0 Å². The van der Waals surface area contributed by atoms with Crippen LogP contribution in [-0.2, 0) is 11.2 Å². The summed E-state index contributed by atoms with van der Waals surface area (Å²) in [6.07, 6.45) is 10.7. The lowest BCUT2D eigenvalue weighted by Gasteiger charge is -2.50. The Morgan fingerprint density at radius 1 is 1.26 bits per heavy atom. The van der Waals surface area contributed by atoms with E-state index >= 15 is 0 Å². The van der Waals surface area contributed by atoms with E-state index in [1.54, 1.807) is 0 Å². The van der Waals surface area contributed by atoms with Crippen LogP contribution in [0.2, 0.25) is 0 Å². The second-order valence-corrected chi connectivity index (χ2v) is 8.98. The Balaban J connectivity index is 1.47. The molecule has 3 aliphatic rings. The van der Waals surface area contributed by atoms with Gasteiger partial charge in [-0.05, 0) is 80.0 Å². The number of fused-ring (bicyclic) bond motifs is 5. The molecule has 4 unspecified atom stereocenters. The summed E-state index contributed by atoms with van der Waals surface area (Å²) in [6.45, 7) is 7.18. The normalized spacial score (nSPS) is 35.3. The minimum Gasteiger partial charge on any atom is -0.465 e. The highest BCUT2D eigenvalue weighted by atomic mass is 16.7. The standard InChI is InChI=1S/C24H34O3/c1-4-5-14-26-16(2)27-18-7-9-19-17(15-18)6-8-21-20(19)12-13-24(3)22(21)10-11-23(24)25/h7,9-11,15-16,20-23,25H,4-6,8,12-14H2,1-3H3/t16?,20?,21?,22?,23-,24-/m0/s1. The fourth-order valence-corrected chi connectivity index (χ4v) is 5.68. The molecule has 3 nitrogen and oxygen atoms in total. The van der Waals surface area contributed by atoms with Crippen LogP contribution < -0.4 is 4.74 Å². The summed E-state index contributed by atoms with van der Waals surface area (Å²) in [5, 5.41) is 10.5. The van der Waals surface area contributed by atoms with Crippen LogP contribution in [0.15, 0.2) is 30.4 Å². The van der Waals surface area contributed by atoms with E-state index in [4.69, 9.17) is 9.47 Å². The first-order valence-corrected chi connectivity index (χ1v) is 10.8. The Bertz CT molecular complexity index is 697. The van der Waals surface area contributed by atoms with Gasteiger partial charge < -0.3 is 14.6 Å². The number of hydrogen-bond donors (Lipinski definition) is 1. The number of hydrogen-bond acceptors (Lipinski definition) is 3. The third-order valence-electron chi connectivity index (χ3n) is 7.32. The Morgan fingerprint density at radius 3 is 2.93 bits per heavy atom. The summed E-state index contributed by atoms with van der Waals surface area (Å²) in [5.74, 6) is 2.72. The molecule has 0 spiro atoms. The fourth-order valence-electron chi connectivity index (χ4n) is 5.68. The van der Waals surface area contributed by atoms with Crippen molar-refractivity contribution in [1.82, 2.24) is 0 Å². The molecule has 3 heteroatoms. The number of aryl methyl sites for hydroxylation is 1. The molecule has 3 aliphatic carbocycles. The van der Waals surface area contributed by atoms with E-state index in [1.807, 2.05) is 13.0 Å².